The fourth-order valence-corrected chi connectivity index (χ4v) is 1.90. The average molecular weight is 234 g/mol. The van der Waals surface area contributed by atoms with Crippen LogP contribution in [0.25, 0.3) is 10.9 Å². The molecule has 0 amide bonds. The molecule has 0 aliphatic heterocycles. The molecule has 2 aromatic heterocycles. The number of aromatic amines is 2. The predicted octanol–water partition coefficient (Wildman–Crippen LogP) is 1.93. The molecule has 0 aliphatic carbocycles. The Labute approximate surface area is 95.8 Å². The van der Waals surface area contributed by atoms with Crippen molar-refractivity contribution in [2.24, 2.45) is 0 Å². The molecular formula is C10H8ClN5. The summed E-state index contributed by atoms with van der Waals surface area (Å²) in [5, 5.41) is 15.6. The van der Waals surface area contributed by atoms with E-state index >= 15 is 0 Å². The zero-order chi connectivity index (χ0) is 11.0. The standard InChI is InChI=1S/C10H8ClN5/c11-7-1-2-9-8(4-7)6(5-12-9)3-10-13-15-16-14-10/h1-2,4-5,12H,3H2,(H,13,14,15,16). The van der Waals surface area contributed by atoms with E-state index in [2.05, 4.69) is 25.6 Å². The zero-order valence-electron chi connectivity index (χ0n) is 8.24. The van der Waals surface area contributed by atoms with Crippen molar-refractivity contribution < 1.29 is 0 Å². The second-order valence-electron chi connectivity index (χ2n) is 3.51. The van der Waals surface area contributed by atoms with Crippen molar-refractivity contribution in [2.45, 2.75) is 6.42 Å². The summed E-state index contributed by atoms with van der Waals surface area (Å²) in [6.07, 6.45) is 2.58. The molecule has 16 heavy (non-hydrogen) atoms. The van der Waals surface area contributed by atoms with Gasteiger partial charge in [0.2, 0.25) is 0 Å². The molecule has 1 aromatic carbocycles. The van der Waals surface area contributed by atoms with Gasteiger partial charge in [0.1, 0.15) is 0 Å². The van der Waals surface area contributed by atoms with Crippen molar-refractivity contribution in [3.8, 4) is 0 Å². The van der Waals surface area contributed by atoms with Gasteiger partial charge in [-0.3, -0.25) is 0 Å². The molecule has 0 spiro atoms. The van der Waals surface area contributed by atoms with E-state index in [1.54, 1.807) is 0 Å². The smallest absolute Gasteiger partial charge is 0.178 e. The van der Waals surface area contributed by atoms with Gasteiger partial charge < -0.3 is 4.98 Å². The first-order valence-corrected chi connectivity index (χ1v) is 5.18. The molecule has 6 heteroatoms. The minimum absolute atomic E-state index is 0.636. The molecule has 0 unspecified atom stereocenters. The SMILES string of the molecule is Clc1ccc2[nH]cc(Cc3nn[nH]n3)c2c1. The van der Waals surface area contributed by atoms with Gasteiger partial charge in [0.05, 0.1) is 0 Å². The maximum absolute atomic E-state index is 5.97. The highest BCUT2D eigenvalue weighted by molar-refractivity contribution is 6.31. The van der Waals surface area contributed by atoms with Gasteiger partial charge in [0.15, 0.2) is 5.82 Å². The summed E-state index contributed by atoms with van der Waals surface area (Å²) < 4.78 is 0. The second kappa shape index (κ2) is 3.61. The molecule has 2 N–H and O–H groups in total. The van der Waals surface area contributed by atoms with Crippen molar-refractivity contribution in [1.29, 1.82) is 0 Å². The molecule has 0 fully saturated rings. The van der Waals surface area contributed by atoms with Gasteiger partial charge >= 0.3 is 0 Å². The van der Waals surface area contributed by atoms with E-state index in [1.165, 1.54) is 0 Å². The maximum atomic E-state index is 5.97. The van der Waals surface area contributed by atoms with Gasteiger partial charge in [-0.25, -0.2) is 0 Å². The molecular weight excluding hydrogens is 226 g/mol. The Balaban J connectivity index is 2.07. The van der Waals surface area contributed by atoms with Crippen molar-refractivity contribution in [3.05, 3.63) is 40.8 Å². The number of H-pyrrole nitrogens is 2. The van der Waals surface area contributed by atoms with Crippen LogP contribution in [0.5, 0.6) is 0 Å². The lowest BCUT2D eigenvalue weighted by molar-refractivity contribution is 0.881. The van der Waals surface area contributed by atoms with Crippen molar-refractivity contribution in [1.82, 2.24) is 25.6 Å². The molecule has 5 nitrogen and oxygen atoms in total. The second-order valence-corrected chi connectivity index (χ2v) is 3.95. The van der Waals surface area contributed by atoms with Crippen LogP contribution in [0.15, 0.2) is 24.4 Å². The quantitative estimate of drug-likeness (QED) is 0.711. The predicted molar refractivity (Wildman–Crippen MR) is 60.3 cm³/mol. The third-order valence-corrected chi connectivity index (χ3v) is 2.70. The molecule has 2 heterocycles. The van der Waals surface area contributed by atoms with E-state index < -0.39 is 0 Å². The molecule has 80 valence electrons. The molecule has 3 rings (SSSR count). The Hall–Kier alpha value is -1.88. The first kappa shape index (κ1) is 9.35. The first-order valence-electron chi connectivity index (χ1n) is 4.81. The Morgan fingerprint density at radius 2 is 2.25 bits per heavy atom. The fraction of sp³-hybridized carbons (Fsp3) is 0.100. The van der Waals surface area contributed by atoms with Crippen LogP contribution >= 0.6 is 11.6 Å². The van der Waals surface area contributed by atoms with Gasteiger partial charge in [-0.05, 0) is 23.8 Å². The van der Waals surface area contributed by atoms with Gasteiger partial charge in [-0.15, -0.1) is 10.2 Å². The minimum atomic E-state index is 0.636. The molecule has 0 bridgehead atoms. The number of fused-ring (bicyclic) bond motifs is 1. The van der Waals surface area contributed by atoms with Crippen LogP contribution in [0.2, 0.25) is 5.02 Å². The lowest BCUT2D eigenvalue weighted by Gasteiger charge is -1.95. The zero-order valence-corrected chi connectivity index (χ0v) is 8.99. The van der Waals surface area contributed by atoms with Gasteiger partial charge in [0.25, 0.3) is 0 Å². The van der Waals surface area contributed by atoms with Gasteiger partial charge in [0, 0.05) is 28.5 Å². The Morgan fingerprint density at radius 3 is 3.06 bits per heavy atom. The molecule has 0 radical (unpaired) electrons. The molecule has 0 saturated heterocycles. The lowest BCUT2D eigenvalue weighted by Crippen LogP contribution is -1.89. The largest absolute Gasteiger partial charge is 0.361 e. The van der Waals surface area contributed by atoms with Crippen LogP contribution in [-0.4, -0.2) is 25.6 Å². The summed E-state index contributed by atoms with van der Waals surface area (Å²) in [4.78, 5) is 3.18. The molecule has 0 atom stereocenters. The number of benzene rings is 1. The summed E-state index contributed by atoms with van der Waals surface area (Å²) in [7, 11) is 0. The monoisotopic (exact) mass is 233 g/mol. The van der Waals surface area contributed by atoms with Gasteiger partial charge in [-0.1, -0.05) is 16.8 Å². The number of hydrogen-bond acceptors (Lipinski definition) is 3. The third kappa shape index (κ3) is 1.55. The third-order valence-electron chi connectivity index (χ3n) is 2.47. The number of rotatable bonds is 2. The van der Waals surface area contributed by atoms with E-state index in [-0.39, 0.29) is 0 Å². The molecule has 0 aliphatic rings. The van der Waals surface area contributed by atoms with Crippen LogP contribution in [0.1, 0.15) is 11.4 Å². The summed E-state index contributed by atoms with van der Waals surface area (Å²) in [5.74, 6) is 0.667. The molecule has 3 aromatic rings. The highest BCUT2D eigenvalue weighted by Gasteiger charge is 2.07. The first-order chi connectivity index (χ1) is 7.83. The maximum Gasteiger partial charge on any atom is 0.178 e. The average Bonchev–Trinajstić information content (AvgIpc) is 2.90. The molecule has 0 saturated carbocycles. The van der Waals surface area contributed by atoms with E-state index in [0.29, 0.717) is 12.2 Å². The number of nitrogens with zero attached hydrogens (tertiary/aromatic N) is 3. The number of nitrogens with one attached hydrogen (secondary N) is 2. The minimum Gasteiger partial charge on any atom is -0.361 e. The van der Waals surface area contributed by atoms with E-state index in [0.717, 1.165) is 21.5 Å². The van der Waals surface area contributed by atoms with Gasteiger partial charge in [-0.2, -0.15) is 5.21 Å². The Bertz CT molecular complexity index is 613. The normalized spacial score (nSPS) is 11.1. The van der Waals surface area contributed by atoms with Crippen LogP contribution in [0.4, 0.5) is 0 Å². The number of hydrogen-bond donors (Lipinski definition) is 2. The summed E-state index contributed by atoms with van der Waals surface area (Å²) in [6.45, 7) is 0. The Morgan fingerprint density at radius 1 is 1.31 bits per heavy atom. The summed E-state index contributed by atoms with van der Waals surface area (Å²) in [6, 6.07) is 5.75. The van der Waals surface area contributed by atoms with Crippen molar-refractivity contribution >= 4 is 22.5 Å². The van der Waals surface area contributed by atoms with Crippen LogP contribution in [0, 0.1) is 0 Å². The number of tetrazole rings is 1. The van der Waals surface area contributed by atoms with Crippen molar-refractivity contribution in [2.75, 3.05) is 0 Å². The topological polar surface area (TPSA) is 70.2 Å². The summed E-state index contributed by atoms with van der Waals surface area (Å²) in [5.41, 5.74) is 2.17. The highest BCUT2D eigenvalue weighted by atomic mass is 35.5. The van der Waals surface area contributed by atoms with E-state index in [4.69, 9.17) is 11.6 Å². The number of halogens is 1. The van der Waals surface area contributed by atoms with E-state index in [9.17, 15) is 0 Å². The summed E-state index contributed by atoms with van der Waals surface area (Å²) >= 11 is 5.97. The number of aromatic nitrogens is 5. The lowest BCUT2D eigenvalue weighted by atomic mass is 10.1. The van der Waals surface area contributed by atoms with Crippen LogP contribution < -0.4 is 0 Å². The van der Waals surface area contributed by atoms with E-state index in [1.807, 2.05) is 24.4 Å². The van der Waals surface area contributed by atoms with Crippen LogP contribution in [-0.2, 0) is 6.42 Å². The van der Waals surface area contributed by atoms with Crippen molar-refractivity contribution in [3.63, 3.8) is 0 Å². The fourth-order valence-electron chi connectivity index (χ4n) is 1.72. The Kier molecular flexibility index (Phi) is 2.11. The van der Waals surface area contributed by atoms with Crippen LogP contribution in [0.3, 0.4) is 0 Å². The highest BCUT2D eigenvalue weighted by Crippen LogP contribution is 2.23.